The van der Waals surface area contributed by atoms with Crippen molar-refractivity contribution in [3.63, 3.8) is 0 Å². The van der Waals surface area contributed by atoms with Gasteiger partial charge in [-0.05, 0) is 42.7 Å². The highest BCUT2D eigenvalue weighted by Crippen LogP contribution is 2.16. The van der Waals surface area contributed by atoms with Gasteiger partial charge in [-0.15, -0.1) is 6.58 Å². The van der Waals surface area contributed by atoms with Crippen molar-refractivity contribution in [2.45, 2.75) is 33.0 Å². The minimum atomic E-state index is -0.597. The molecule has 0 bridgehead atoms. The van der Waals surface area contributed by atoms with E-state index in [-0.39, 0.29) is 12.4 Å². The van der Waals surface area contributed by atoms with E-state index < -0.39 is 6.10 Å². The van der Waals surface area contributed by atoms with E-state index in [2.05, 4.69) is 43.5 Å². The molecule has 1 unspecified atom stereocenters. The first kappa shape index (κ1) is 20.3. The van der Waals surface area contributed by atoms with Crippen molar-refractivity contribution >= 4 is 0 Å². The standard InChI is InChI=1S/C22H28FNO2/c1-4-11-26-16-22(25)15-24(13-19-7-9-21(23)10-8-19)14-20-12-17(2)5-6-18(20)3/h4-10,12,22,25H,1,11,13-16H2,2-3H3. The number of benzene rings is 2. The Balaban J connectivity index is 2.10. The molecule has 140 valence electrons. The molecule has 0 radical (unpaired) electrons. The van der Waals surface area contributed by atoms with E-state index in [9.17, 15) is 9.50 Å². The van der Waals surface area contributed by atoms with Crippen LogP contribution in [0.5, 0.6) is 0 Å². The Bertz CT molecular complexity index is 700. The molecule has 0 heterocycles. The van der Waals surface area contributed by atoms with Crippen LogP contribution >= 0.6 is 0 Å². The van der Waals surface area contributed by atoms with E-state index in [1.807, 2.05) is 0 Å². The first-order valence-electron chi connectivity index (χ1n) is 8.87. The monoisotopic (exact) mass is 357 g/mol. The number of ether oxygens (including phenoxy) is 1. The molecule has 4 heteroatoms. The van der Waals surface area contributed by atoms with Crippen molar-refractivity contribution in [3.8, 4) is 0 Å². The minimum Gasteiger partial charge on any atom is -0.389 e. The largest absolute Gasteiger partial charge is 0.389 e. The van der Waals surface area contributed by atoms with Crippen LogP contribution in [0.1, 0.15) is 22.3 Å². The summed E-state index contributed by atoms with van der Waals surface area (Å²) in [5.41, 5.74) is 4.67. The Morgan fingerprint density at radius 2 is 1.88 bits per heavy atom. The van der Waals surface area contributed by atoms with Crippen LogP contribution in [0.3, 0.4) is 0 Å². The molecule has 1 N–H and O–H groups in total. The molecule has 0 spiro atoms. The highest BCUT2D eigenvalue weighted by atomic mass is 19.1. The fourth-order valence-electron chi connectivity index (χ4n) is 2.88. The van der Waals surface area contributed by atoms with E-state index in [1.165, 1.54) is 28.8 Å². The van der Waals surface area contributed by atoms with Gasteiger partial charge in [-0.1, -0.05) is 42.0 Å². The van der Waals surface area contributed by atoms with Crippen molar-refractivity contribution < 1.29 is 14.2 Å². The molecule has 0 aliphatic carbocycles. The summed E-state index contributed by atoms with van der Waals surface area (Å²) in [5.74, 6) is -0.243. The summed E-state index contributed by atoms with van der Waals surface area (Å²) in [4.78, 5) is 2.16. The van der Waals surface area contributed by atoms with Crippen molar-refractivity contribution in [1.29, 1.82) is 0 Å². The average molecular weight is 357 g/mol. The lowest BCUT2D eigenvalue weighted by Crippen LogP contribution is -2.34. The summed E-state index contributed by atoms with van der Waals surface area (Å²) in [6, 6.07) is 12.9. The molecule has 26 heavy (non-hydrogen) atoms. The van der Waals surface area contributed by atoms with Gasteiger partial charge in [0.15, 0.2) is 0 Å². The van der Waals surface area contributed by atoms with Crippen LogP contribution in [-0.4, -0.2) is 35.9 Å². The van der Waals surface area contributed by atoms with Crippen LogP contribution in [0.15, 0.2) is 55.1 Å². The van der Waals surface area contributed by atoms with E-state index >= 15 is 0 Å². The molecule has 0 aliphatic rings. The van der Waals surface area contributed by atoms with Crippen LogP contribution in [0.2, 0.25) is 0 Å². The van der Waals surface area contributed by atoms with Crippen molar-refractivity contribution in [3.05, 3.63) is 83.2 Å². The zero-order chi connectivity index (χ0) is 18.9. The number of nitrogens with zero attached hydrogens (tertiary/aromatic N) is 1. The Kier molecular flexibility index (Phi) is 7.98. The maximum absolute atomic E-state index is 13.2. The Morgan fingerprint density at radius 3 is 2.58 bits per heavy atom. The molecular weight excluding hydrogens is 329 g/mol. The Labute approximate surface area is 155 Å². The third-order valence-corrected chi connectivity index (χ3v) is 4.23. The third kappa shape index (κ3) is 6.71. The number of aliphatic hydroxyl groups is 1. The summed E-state index contributed by atoms with van der Waals surface area (Å²) in [6.45, 7) is 10.3. The lowest BCUT2D eigenvalue weighted by Gasteiger charge is -2.26. The molecule has 2 aromatic rings. The Morgan fingerprint density at radius 1 is 1.15 bits per heavy atom. The summed E-state index contributed by atoms with van der Waals surface area (Å²) in [5, 5.41) is 10.3. The van der Waals surface area contributed by atoms with Crippen molar-refractivity contribution in [2.24, 2.45) is 0 Å². The SMILES string of the molecule is C=CCOCC(O)CN(Cc1ccc(F)cc1)Cc1cc(C)ccc1C. The van der Waals surface area contributed by atoms with Crippen molar-refractivity contribution in [2.75, 3.05) is 19.8 Å². The smallest absolute Gasteiger partial charge is 0.123 e. The van der Waals surface area contributed by atoms with Crippen LogP contribution in [0, 0.1) is 19.7 Å². The molecule has 0 fully saturated rings. The fourth-order valence-corrected chi connectivity index (χ4v) is 2.88. The van der Waals surface area contributed by atoms with Gasteiger partial charge in [0, 0.05) is 19.6 Å². The quantitative estimate of drug-likeness (QED) is 0.515. The molecule has 0 amide bonds. The molecular formula is C22H28FNO2. The maximum Gasteiger partial charge on any atom is 0.123 e. The van der Waals surface area contributed by atoms with E-state index in [1.54, 1.807) is 18.2 Å². The van der Waals surface area contributed by atoms with Crippen LogP contribution in [0.4, 0.5) is 4.39 Å². The van der Waals surface area contributed by atoms with E-state index in [4.69, 9.17) is 4.74 Å². The molecule has 2 rings (SSSR count). The zero-order valence-corrected chi connectivity index (χ0v) is 15.6. The first-order chi connectivity index (χ1) is 12.5. The molecule has 0 aromatic heterocycles. The number of hydrogen-bond donors (Lipinski definition) is 1. The predicted octanol–water partition coefficient (Wildman–Crippen LogP) is 4.01. The second kappa shape index (κ2) is 10.2. The predicted molar refractivity (Wildman–Crippen MR) is 103 cm³/mol. The van der Waals surface area contributed by atoms with Gasteiger partial charge in [-0.25, -0.2) is 4.39 Å². The second-order valence-corrected chi connectivity index (χ2v) is 6.71. The highest BCUT2D eigenvalue weighted by molar-refractivity contribution is 5.30. The van der Waals surface area contributed by atoms with Gasteiger partial charge in [-0.2, -0.15) is 0 Å². The van der Waals surface area contributed by atoms with Gasteiger partial charge >= 0.3 is 0 Å². The minimum absolute atomic E-state index is 0.243. The topological polar surface area (TPSA) is 32.7 Å². The first-order valence-corrected chi connectivity index (χ1v) is 8.87. The van der Waals surface area contributed by atoms with Gasteiger partial charge in [0.05, 0.1) is 19.3 Å². The maximum atomic E-state index is 13.2. The average Bonchev–Trinajstić information content (AvgIpc) is 2.60. The molecule has 1 atom stereocenters. The van der Waals surface area contributed by atoms with E-state index in [0.717, 1.165) is 5.56 Å². The number of aliphatic hydroxyl groups excluding tert-OH is 1. The van der Waals surface area contributed by atoms with Crippen LogP contribution in [-0.2, 0) is 17.8 Å². The van der Waals surface area contributed by atoms with Gasteiger partial charge in [0.1, 0.15) is 5.82 Å². The van der Waals surface area contributed by atoms with Gasteiger partial charge in [0.2, 0.25) is 0 Å². The summed E-state index contributed by atoms with van der Waals surface area (Å²) in [7, 11) is 0. The molecule has 0 aliphatic heterocycles. The summed E-state index contributed by atoms with van der Waals surface area (Å²) < 4.78 is 18.5. The third-order valence-electron chi connectivity index (χ3n) is 4.23. The van der Waals surface area contributed by atoms with E-state index in [0.29, 0.717) is 26.2 Å². The number of rotatable bonds is 10. The number of aryl methyl sites for hydroxylation is 2. The number of halogens is 1. The van der Waals surface area contributed by atoms with Gasteiger partial charge in [-0.3, -0.25) is 4.90 Å². The van der Waals surface area contributed by atoms with Gasteiger partial charge < -0.3 is 9.84 Å². The van der Waals surface area contributed by atoms with Crippen molar-refractivity contribution in [1.82, 2.24) is 4.90 Å². The van der Waals surface area contributed by atoms with Gasteiger partial charge in [0.25, 0.3) is 0 Å². The highest BCUT2D eigenvalue weighted by Gasteiger charge is 2.14. The molecule has 0 saturated carbocycles. The summed E-state index contributed by atoms with van der Waals surface area (Å²) in [6.07, 6.45) is 1.07. The summed E-state index contributed by atoms with van der Waals surface area (Å²) >= 11 is 0. The fraction of sp³-hybridized carbons (Fsp3) is 0.364. The van der Waals surface area contributed by atoms with Crippen LogP contribution < -0.4 is 0 Å². The lowest BCUT2D eigenvalue weighted by molar-refractivity contribution is 0.0228. The molecule has 3 nitrogen and oxygen atoms in total. The normalized spacial score (nSPS) is 12.3. The Hall–Kier alpha value is -2.01. The van der Waals surface area contributed by atoms with Crippen LogP contribution in [0.25, 0.3) is 0 Å². The lowest BCUT2D eigenvalue weighted by atomic mass is 10.0. The molecule has 2 aromatic carbocycles. The number of hydrogen-bond acceptors (Lipinski definition) is 3. The molecule has 0 saturated heterocycles. The second-order valence-electron chi connectivity index (χ2n) is 6.71. The zero-order valence-electron chi connectivity index (χ0n) is 15.6.